The summed E-state index contributed by atoms with van der Waals surface area (Å²) >= 11 is 5.84. The number of ether oxygens (including phenoxy) is 1. The Bertz CT molecular complexity index is 507. The lowest BCUT2D eigenvalue weighted by atomic mass is 10.1. The van der Waals surface area contributed by atoms with Crippen LogP contribution in [-0.4, -0.2) is 42.5 Å². The van der Waals surface area contributed by atoms with Gasteiger partial charge in [-0.05, 0) is 25.1 Å². The van der Waals surface area contributed by atoms with Crippen molar-refractivity contribution in [3.63, 3.8) is 0 Å². The number of amides is 2. The average molecular weight is 297 g/mol. The van der Waals surface area contributed by atoms with Gasteiger partial charge in [-0.3, -0.25) is 9.59 Å². The maximum absolute atomic E-state index is 12.0. The van der Waals surface area contributed by atoms with Gasteiger partial charge in [0, 0.05) is 23.8 Å². The Hall–Kier alpha value is -1.59. The number of benzene rings is 1. The van der Waals surface area contributed by atoms with E-state index in [9.17, 15) is 9.59 Å². The van der Waals surface area contributed by atoms with E-state index >= 15 is 0 Å². The molecule has 1 aromatic rings. The smallest absolute Gasteiger partial charge is 0.252 e. The molecular weight excluding hydrogens is 280 g/mol. The SMILES string of the molecule is CCN1CCOC(CC(=O)Nc2cccc(Cl)c2)C1=O. The van der Waals surface area contributed by atoms with E-state index in [1.54, 1.807) is 29.2 Å². The second-order valence-corrected chi connectivity index (χ2v) is 4.98. The van der Waals surface area contributed by atoms with Crippen LogP contribution in [0.5, 0.6) is 0 Å². The van der Waals surface area contributed by atoms with Gasteiger partial charge in [-0.2, -0.15) is 0 Å². The fourth-order valence-electron chi connectivity index (χ4n) is 2.10. The maximum Gasteiger partial charge on any atom is 0.252 e. The van der Waals surface area contributed by atoms with Crippen LogP contribution in [0.15, 0.2) is 24.3 Å². The second-order valence-electron chi connectivity index (χ2n) is 4.54. The zero-order valence-electron chi connectivity index (χ0n) is 11.3. The number of anilines is 1. The Morgan fingerprint density at radius 1 is 1.55 bits per heavy atom. The topological polar surface area (TPSA) is 58.6 Å². The zero-order valence-corrected chi connectivity index (χ0v) is 12.0. The Morgan fingerprint density at radius 3 is 3.05 bits per heavy atom. The summed E-state index contributed by atoms with van der Waals surface area (Å²) in [6, 6.07) is 6.87. The molecule has 1 atom stereocenters. The summed E-state index contributed by atoms with van der Waals surface area (Å²) < 4.78 is 5.38. The number of rotatable bonds is 4. The molecule has 1 aliphatic rings. The molecule has 1 N–H and O–H groups in total. The third kappa shape index (κ3) is 3.71. The minimum atomic E-state index is -0.692. The largest absolute Gasteiger partial charge is 0.366 e. The minimum absolute atomic E-state index is 0.0157. The van der Waals surface area contributed by atoms with Crippen molar-refractivity contribution >= 4 is 29.1 Å². The van der Waals surface area contributed by atoms with E-state index in [0.29, 0.717) is 30.4 Å². The minimum Gasteiger partial charge on any atom is -0.366 e. The molecule has 2 amide bonds. The highest BCUT2D eigenvalue weighted by atomic mass is 35.5. The van der Waals surface area contributed by atoms with E-state index in [4.69, 9.17) is 16.3 Å². The molecule has 0 aliphatic carbocycles. The van der Waals surface area contributed by atoms with E-state index in [-0.39, 0.29) is 18.2 Å². The van der Waals surface area contributed by atoms with Gasteiger partial charge in [-0.1, -0.05) is 17.7 Å². The van der Waals surface area contributed by atoms with Crippen LogP contribution in [0.3, 0.4) is 0 Å². The molecule has 5 nitrogen and oxygen atoms in total. The monoisotopic (exact) mass is 296 g/mol. The number of hydrogen-bond acceptors (Lipinski definition) is 3. The van der Waals surface area contributed by atoms with Gasteiger partial charge in [0.25, 0.3) is 5.91 Å². The van der Waals surface area contributed by atoms with Crippen LogP contribution in [0.1, 0.15) is 13.3 Å². The molecule has 1 unspecified atom stereocenters. The van der Waals surface area contributed by atoms with Crippen molar-refractivity contribution in [1.29, 1.82) is 0 Å². The number of likely N-dealkylation sites (N-methyl/N-ethyl adjacent to an activating group) is 1. The Kier molecular flexibility index (Phi) is 4.98. The molecule has 1 heterocycles. The number of morpholine rings is 1. The Labute approximate surface area is 122 Å². The summed E-state index contributed by atoms with van der Waals surface area (Å²) in [6.07, 6.45) is -0.676. The number of carbonyl (C=O) groups is 2. The molecule has 1 aliphatic heterocycles. The fourth-order valence-corrected chi connectivity index (χ4v) is 2.29. The number of nitrogens with one attached hydrogen (secondary N) is 1. The van der Waals surface area contributed by atoms with Gasteiger partial charge in [-0.15, -0.1) is 0 Å². The van der Waals surface area contributed by atoms with Crippen LogP contribution in [-0.2, 0) is 14.3 Å². The average Bonchev–Trinajstić information content (AvgIpc) is 2.41. The van der Waals surface area contributed by atoms with Gasteiger partial charge >= 0.3 is 0 Å². The van der Waals surface area contributed by atoms with E-state index in [1.807, 2.05) is 6.92 Å². The lowest BCUT2D eigenvalue weighted by Gasteiger charge is -2.31. The van der Waals surface area contributed by atoms with E-state index in [1.165, 1.54) is 0 Å². The van der Waals surface area contributed by atoms with Crippen LogP contribution in [0.2, 0.25) is 5.02 Å². The molecule has 1 fully saturated rings. The summed E-state index contributed by atoms with van der Waals surface area (Å²) in [6.45, 7) is 3.59. The van der Waals surface area contributed by atoms with E-state index in [0.717, 1.165) is 0 Å². The van der Waals surface area contributed by atoms with Crippen molar-refractivity contribution in [2.75, 3.05) is 25.0 Å². The molecule has 20 heavy (non-hydrogen) atoms. The van der Waals surface area contributed by atoms with Crippen molar-refractivity contribution in [3.05, 3.63) is 29.3 Å². The van der Waals surface area contributed by atoms with Gasteiger partial charge < -0.3 is 15.0 Å². The maximum atomic E-state index is 12.0. The van der Waals surface area contributed by atoms with Crippen LogP contribution < -0.4 is 5.32 Å². The van der Waals surface area contributed by atoms with Crippen molar-refractivity contribution < 1.29 is 14.3 Å². The Morgan fingerprint density at radius 2 is 2.35 bits per heavy atom. The molecule has 1 aromatic carbocycles. The predicted octanol–water partition coefficient (Wildman–Crippen LogP) is 1.92. The van der Waals surface area contributed by atoms with E-state index < -0.39 is 6.10 Å². The first-order chi connectivity index (χ1) is 9.60. The standard InChI is InChI=1S/C14H17ClN2O3/c1-2-17-6-7-20-12(14(17)19)9-13(18)16-11-5-3-4-10(15)8-11/h3-5,8,12H,2,6-7,9H2,1H3,(H,16,18). The lowest BCUT2D eigenvalue weighted by Crippen LogP contribution is -2.48. The first kappa shape index (κ1) is 14.8. The predicted molar refractivity (Wildman–Crippen MR) is 76.7 cm³/mol. The first-order valence-electron chi connectivity index (χ1n) is 6.56. The number of nitrogens with zero attached hydrogens (tertiary/aromatic N) is 1. The zero-order chi connectivity index (χ0) is 14.5. The molecule has 2 rings (SSSR count). The molecule has 0 spiro atoms. The van der Waals surface area contributed by atoms with E-state index in [2.05, 4.69) is 5.32 Å². The lowest BCUT2D eigenvalue weighted by molar-refractivity contribution is -0.154. The quantitative estimate of drug-likeness (QED) is 0.923. The summed E-state index contributed by atoms with van der Waals surface area (Å²) in [4.78, 5) is 25.6. The van der Waals surface area contributed by atoms with Gasteiger partial charge in [0.05, 0.1) is 13.0 Å². The molecular formula is C14H17ClN2O3. The molecule has 108 valence electrons. The highest BCUT2D eigenvalue weighted by molar-refractivity contribution is 6.30. The van der Waals surface area contributed by atoms with Crippen LogP contribution in [0.25, 0.3) is 0 Å². The third-order valence-electron chi connectivity index (χ3n) is 3.13. The van der Waals surface area contributed by atoms with Crippen molar-refractivity contribution in [2.45, 2.75) is 19.4 Å². The van der Waals surface area contributed by atoms with Crippen molar-refractivity contribution in [1.82, 2.24) is 4.90 Å². The molecule has 0 bridgehead atoms. The molecule has 6 heteroatoms. The number of carbonyl (C=O) groups excluding carboxylic acids is 2. The molecule has 0 aromatic heterocycles. The fraction of sp³-hybridized carbons (Fsp3) is 0.429. The molecule has 0 radical (unpaired) electrons. The van der Waals surface area contributed by atoms with Gasteiger partial charge in [-0.25, -0.2) is 0 Å². The molecule has 0 saturated carbocycles. The summed E-state index contributed by atoms with van der Waals surface area (Å²) in [5, 5.41) is 3.26. The number of halogens is 1. The highest BCUT2D eigenvalue weighted by Gasteiger charge is 2.30. The van der Waals surface area contributed by atoms with Gasteiger partial charge in [0.15, 0.2) is 0 Å². The summed E-state index contributed by atoms with van der Waals surface area (Å²) in [5.74, 6) is -0.386. The molecule has 1 saturated heterocycles. The second kappa shape index (κ2) is 6.72. The first-order valence-corrected chi connectivity index (χ1v) is 6.93. The summed E-state index contributed by atoms with van der Waals surface area (Å²) in [5.41, 5.74) is 0.609. The van der Waals surface area contributed by atoms with Crippen LogP contribution in [0.4, 0.5) is 5.69 Å². The summed E-state index contributed by atoms with van der Waals surface area (Å²) in [7, 11) is 0. The highest BCUT2D eigenvalue weighted by Crippen LogP contribution is 2.16. The van der Waals surface area contributed by atoms with Gasteiger partial charge in [0.1, 0.15) is 6.10 Å². The van der Waals surface area contributed by atoms with Crippen molar-refractivity contribution in [3.8, 4) is 0 Å². The van der Waals surface area contributed by atoms with Gasteiger partial charge in [0.2, 0.25) is 5.91 Å². The Balaban J connectivity index is 1.92. The van der Waals surface area contributed by atoms with Crippen LogP contribution in [0, 0.1) is 0 Å². The normalized spacial score (nSPS) is 19.0. The number of hydrogen-bond donors (Lipinski definition) is 1. The third-order valence-corrected chi connectivity index (χ3v) is 3.36. The van der Waals surface area contributed by atoms with Crippen LogP contribution >= 0.6 is 11.6 Å². The van der Waals surface area contributed by atoms with Crippen molar-refractivity contribution in [2.24, 2.45) is 0 Å².